The first kappa shape index (κ1) is 12.7. The number of rotatable bonds is 4. The van der Waals surface area contributed by atoms with Crippen LogP contribution >= 0.6 is 0 Å². The van der Waals surface area contributed by atoms with Crippen molar-refractivity contribution >= 4 is 5.96 Å². The average Bonchev–Trinajstić information content (AvgIpc) is 2.92. The number of hydrogen-bond acceptors (Lipinski definition) is 3. The van der Waals surface area contributed by atoms with E-state index in [2.05, 4.69) is 71.0 Å². The van der Waals surface area contributed by atoms with Crippen molar-refractivity contribution in [2.75, 3.05) is 6.54 Å². The van der Waals surface area contributed by atoms with Crippen LogP contribution in [0, 0.1) is 0 Å². The molecular weight excluding hydrogens is 246 g/mol. The summed E-state index contributed by atoms with van der Waals surface area (Å²) in [5, 5.41) is 3.11. The molecule has 20 heavy (non-hydrogen) atoms. The number of aliphatic imine (C=N–C) groups is 1. The molecule has 1 heterocycles. The van der Waals surface area contributed by atoms with Crippen LogP contribution in [-0.2, 0) is 0 Å². The van der Waals surface area contributed by atoms with E-state index in [1.54, 1.807) is 0 Å². The van der Waals surface area contributed by atoms with Gasteiger partial charge in [0.1, 0.15) is 0 Å². The van der Waals surface area contributed by atoms with Gasteiger partial charge in [-0.15, -0.1) is 0 Å². The molecule has 0 spiro atoms. The van der Waals surface area contributed by atoms with Crippen LogP contribution in [0.5, 0.6) is 0 Å². The summed E-state index contributed by atoms with van der Waals surface area (Å²) in [6.45, 7) is 0.835. The van der Waals surface area contributed by atoms with Gasteiger partial charge in [0.15, 0.2) is 5.96 Å². The highest BCUT2D eigenvalue weighted by atomic mass is 15.2. The summed E-state index contributed by atoms with van der Waals surface area (Å²) in [4.78, 5) is 4.46. The van der Waals surface area contributed by atoms with Crippen LogP contribution < -0.4 is 11.1 Å². The van der Waals surface area contributed by atoms with Crippen LogP contribution in [-0.4, -0.2) is 18.5 Å². The van der Waals surface area contributed by atoms with E-state index in [1.807, 2.05) is 0 Å². The molecule has 2 aromatic carbocycles. The maximum absolute atomic E-state index is 5.72. The van der Waals surface area contributed by atoms with E-state index in [4.69, 9.17) is 5.73 Å². The Labute approximate surface area is 119 Å². The zero-order chi connectivity index (χ0) is 13.8. The molecule has 0 aliphatic carbocycles. The zero-order valence-corrected chi connectivity index (χ0v) is 11.4. The van der Waals surface area contributed by atoms with Gasteiger partial charge in [-0.25, -0.2) is 4.99 Å². The number of guanidine groups is 1. The van der Waals surface area contributed by atoms with Gasteiger partial charge >= 0.3 is 0 Å². The van der Waals surface area contributed by atoms with E-state index in [-0.39, 0.29) is 6.04 Å². The Morgan fingerprint density at radius 3 is 2.00 bits per heavy atom. The number of nitrogens with two attached hydrogens (primary N) is 1. The van der Waals surface area contributed by atoms with E-state index in [0.717, 1.165) is 13.0 Å². The largest absolute Gasteiger partial charge is 0.370 e. The fraction of sp³-hybridized carbons (Fsp3) is 0.235. The minimum absolute atomic E-state index is 0.250. The summed E-state index contributed by atoms with van der Waals surface area (Å²) in [5.74, 6) is 0.925. The Bertz CT molecular complexity index is 538. The molecule has 0 aromatic heterocycles. The van der Waals surface area contributed by atoms with Gasteiger partial charge in [-0.05, 0) is 17.5 Å². The highest BCUT2D eigenvalue weighted by Gasteiger charge is 2.22. The molecule has 3 nitrogen and oxygen atoms in total. The van der Waals surface area contributed by atoms with E-state index in [1.165, 1.54) is 11.1 Å². The van der Waals surface area contributed by atoms with Crippen molar-refractivity contribution in [2.45, 2.75) is 18.4 Å². The third kappa shape index (κ3) is 2.82. The molecule has 3 N–H and O–H groups in total. The molecule has 3 rings (SSSR count). The van der Waals surface area contributed by atoms with E-state index >= 15 is 0 Å². The first-order chi connectivity index (χ1) is 9.83. The molecule has 0 saturated heterocycles. The van der Waals surface area contributed by atoms with Gasteiger partial charge < -0.3 is 11.1 Å². The molecule has 0 bridgehead atoms. The summed E-state index contributed by atoms with van der Waals surface area (Å²) in [6.07, 6.45) is 0.974. The van der Waals surface area contributed by atoms with Crippen LogP contribution in [0.25, 0.3) is 0 Å². The van der Waals surface area contributed by atoms with Gasteiger partial charge in [0.25, 0.3) is 0 Å². The molecule has 0 saturated carbocycles. The maximum atomic E-state index is 5.72. The lowest BCUT2D eigenvalue weighted by molar-refractivity contribution is 0.587. The summed E-state index contributed by atoms with van der Waals surface area (Å²) < 4.78 is 0. The second-order valence-electron chi connectivity index (χ2n) is 5.16. The Morgan fingerprint density at radius 1 is 1.00 bits per heavy atom. The molecule has 1 atom stereocenters. The lowest BCUT2D eigenvalue weighted by Gasteiger charge is -2.20. The standard InChI is InChI=1S/C17H19N3/c18-17-19-12-15(20-17)11-16(13-7-3-1-4-8-13)14-9-5-2-6-10-14/h1-10,15-16H,11-12H2,(H3,18,19,20). The summed E-state index contributed by atoms with van der Waals surface area (Å²) in [6, 6.07) is 21.5. The Balaban J connectivity index is 1.88. The fourth-order valence-corrected chi connectivity index (χ4v) is 2.75. The third-order valence-corrected chi connectivity index (χ3v) is 3.75. The third-order valence-electron chi connectivity index (χ3n) is 3.75. The van der Waals surface area contributed by atoms with Crippen molar-refractivity contribution < 1.29 is 0 Å². The SMILES string of the molecule is NC1=NC(CC(c2ccccc2)c2ccccc2)CN1. The minimum atomic E-state index is 0.250. The second-order valence-corrected chi connectivity index (χ2v) is 5.16. The molecule has 1 aliphatic heterocycles. The van der Waals surface area contributed by atoms with Crippen LogP contribution in [0.2, 0.25) is 0 Å². The molecule has 2 aromatic rings. The van der Waals surface area contributed by atoms with E-state index in [0.29, 0.717) is 11.9 Å². The maximum Gasteiger partial charge on any atom is 0.189 e. The Kier molecular flexibility index (Phi) is 3.68. The van der Waals surface area contributed by atoms with Gasteiger partial charge in [0, 0.05) is 12.5 Å². The summed E-state index contributed by atoms with van der Waals surface area (Å²) >= 11 is 0. The van der Waals surface area contributed by atoms with Crippen LogP contribution in [0.4, 0.5) is 0 Å². The van der Waals surface area contributed by atoms with Gasteiger partial charge in [-0.3, -0.25) is 0 Å². The van der Waals surface area contributed by atoms with Gasteiger partial charge in [-0.2, -0.15) is 0 Å². The predicted molar refractivity (Wildman–Crippen MR) is 82.8 cm³/mol. The Hall–Kier alpha value is -2.29. The number of nitrogens with zero attached hydrogens (tertiary/aromatic N) is 1. The van der Waals surface area contributed by atoms with Crippen molar-refractivity contribution in [3.05, 3.63) is 71.8 Å². The highest BCUT2D eigenvalue weighted by molar-refractivity contribution is 5.79. The second kappa shape index (κ2) is 5.78. The molecule has 1 aliphatic rings. The average molecular weight is 265 g/mol. The smallest absolute Gasteiger partial charge is 0.189 e. The monoisotopic (exact) mass is 265 g/mol. The molecule has 3 heteroatoms. The highest BCUT2D eigenvalue weighted by Crippen LogP contribution is 2.30. The molecular formula is C17H19N3. The molecule has 0 amide bonds. The van der Waals surface area contributed by atoms with Crippen molar-refractivity contribution in [1.82, 2.24) is 5.32 Å². The predicted octanol–water partition coefficient (Wildman–Crippen LogP) is 2.50. The van der Waals surface area contributed by atoms with Crippen molar-refractivity contribution in [3.8, 4) is 0 Å². The molecule has 0 radical (unpaired) electrons. The number of hydrogen-bond donors (Lipinski definition) is 2. The van der Waals surface area contributed by atoms with Gasteiger partial charge in [0.2, 0.25) is 0 Å². The van der Waals surface area contributed by atoms with Crippen LogP contribution in [0.15, 0.2) is 65.7 Å². The lowest BCUT2D eigenvalue weighted by Crippen LogP contribution is -2.27. The van der Waals surface area contributed by atoms with Gasteiger partial charge in [-0.1, -0.05) is 60.7 Å². The molecule has 0 fully saturated rings. The van der Waals surface area contributed by atoms with Crippen molar-refractivity contribution in [1.29, 1.82) is 0 Å². The van der Waals surface area contributed by atoms with Crippen molar-refractivity contribution in [3.63, 3.8) is 0 Å². The molecule has 1 unspecified atom stereocenters. The first-order valence-electron chi connectivity index (χ1n) is 7.00. The number of benzene rings is 2. The Morgan fingerprint density at radius 2 is 1.55 bits per heavy atom. The van der Waals surface area contributed by atoms with Crippen LogP contribution in [0.1, 0.15) is 23.5 Å². The zero-order valence-electron chi connectivity index (χ0n) is 11.4. The normalized spacial score (nSPS) is 17.9. The van der Waals surface area contributed by atoms with E-state index in [9.17, 15) is 0 Å². The van der Waals surface area contributed by atoms with Crippen LogP contribution in [0.3, 0.4) is 0 Å². The lowest BCUT2D eigenvalue weighted by atomic mass is 9.86. The molecule has 102 valence electrons. The van der Waals surface area contributed by atoms with E-state index < -0.39 is 0 Å². The topological polar surface area (TPSA) is 50.4 Å². The fourth-order valence-electron chi connectivity index (χ4n) is 2.75. The summed E-state index contributed by atoms with van der Waals surface area (Å²) in [5.41, 5.74) is 8.38. The van der Waals surface area contributed by atoms with Gasteiger partial charge in [0.05, 0.1) is 6.04 Å². The quantitative estimate of drug-likeness (QED) is 0.892. The first-order valence-corrected chi connectivity index (χ1v) is 7.00. The summed E-state index contributed by atoms with van der Waals surface area (Å²) in [7, 11) is 0. The minimum Gasteiger partial charge on any atom is -0.370 e. The van der Waals surface area contributed by atoms with Crippen molar-refractivity contribution in [2.24, 2.45) is 10.7 Å². The number of nitrogens with one attached hydrogen (secondary N) is 1.